The molecule has 59 heavy (non-hydrogen) atoms. The van der Waals surface area contributed by atoms with Gasteiger partial charge in [-0.05, 0) is 54.3 Å². The Morgan fingerprint density at radius 2 is 1.75 bits per heavy atom. The summed E-state index contributed by atoms with van der Waals surface area (Å²) in [5.74, 6) is -10.2. The molecule has 8 rings (SSSR count). The molecule has 3 atom stereocenters. The fourth-order valence-electron chi connectivity index (χ4n) is 7.62. The first kappa shape index (κ1) is 40.1. The average Bonchev–Trinajstić information content (AvgIpc) is 3.66. The van der Waals surface area contributed by atoms with Gasteiger partial charge < -0.3 is 5.32 Å². The average molecular weight is 874 g/mol. The van der Waals surface area contributed by atoms with Crippen LogP contribution in [0.15, 0.2) is 47.3 Å². The second-order valence-electron chi connectivity index (χ2n) is 14.1. The molecule has 0 saturated heterocycles. The van der Waals surface area contributed by atoms with Crippen molar-refractivity contribution in [1.82, 2.24) is 39.4 Å². The molecular formula is C35H25ClF9N9O4S. The molecule has 0 aliphatic heterocycles. The minimum absolute atomic E-state index is 0.0673. The number of fused-ring (bicyclic) bond motifs is 5. The maximum Gasteiger partial charge on any atom is 0.433 e. The first-order chi connectivity index (χ1) is 27.5. The van der Waals surface area contributed by atoms with Crippen LogP contribution in [0.4, 0.5) is 45.3 Å². The normalized spacial score (nSPS) is 17.7. The summed E-state index contributed by atoms with van der Waals surface area (Å²) in [6.07, 6.45) is -8.25. The number of aryl methyl sites for hydroxylation is 1. The number of halogens is 10. The van der Waals surface area contributed by atoms with Crippen molar-refractivity contribution in [2.24, 2.45) is 13.0 Å². The summed E-state index contributed by atoms with van der Waals surface area (Å²) in [6, 6.07) is 4.14. The summed E-state index contributed by atoms with van der Waals surface area (Å²) in [6.45, 7) is -1.13. The number of anilines is 1. The molecule has 2 aliphatic rings. The molecule has 24 heteroatoms. The zero-order valence-electron chi connectivity index (χ0n) is 29.9. The van der Waals surface area contributed by atoms with Crippen LogP contribution in [0, 0.1) is 17.6 Å². The first-order valence-electron chi connectivity index (χ1n) is 17.2. The summed E-state index contributed by atoms with van der Waals surface area (Å²) >= 11 is 6.49. The fraction of sp³-hybridized carbons (Fsp3) is 0.314. The number of sulfonamides is 1. The van der Waals surface area contributed by atoms with Gasteiger partial charge in [-0.2, -0.15) is 32.1 Å². The van der Waals surface area contributed by atoms with Gasteiger partial charge in [0.15, 0.2) is 11.5 Å². The number of carbonyl (C=O) groups is 1. The van der Waals surface area contributed by atoms with Crippen molar-refractivity contribution in [2.75, 3.05) is 11.0 Å². The van der Waals surface area contributed by atoms with E-state index in [4.69, 9.17) is 11.6 Å². The Balaban J connectivity index is 1.35. The molecule has 310 valence electrons. The van der Waals surface area contributed by atoms with Gasteiger partial charge in [-0.3, -0.25) is 28.2 Å². The van der Waals surface area contributed by atoms with Gasteiger partial charge in [0.05, 0.1) is 39.3 Å². The Morgan fingerprint density at radius 1 is 1.05 bits per heavy atom. The monoisotopic (exact) mass is 873 g/mol. The Morgan fingerprint density at radius 3 is 2.39 bits per heavy atom. The molecular weight excluding hydrogens is 849 g/mol. The zero-order valence-corrected chi connectivity index (χ0v) is 31.5. The summed E-state index contributed by atoms with van der Waals surface area (Å²) in [5, 5.41) is 9.54. The van der Waals surface area contributed by atoms with Crippen LogP contribution in [-0.4, -0.2) is 54.7 Å². The Kier molecular flexibility index (Phi) is 9.29. The van der Waals surface area contributed by atoms with Gasteiger partial charge in [0.25, 0.3) is 17.9 Å². The quantitative estimate of drug-likeness (QED) is 0.149. The van der Waals surface area contributed by atoms with Crippen LogP contribution in [0.25, 0.3) is 27.6 Å². The van der Waals surface area contributed by atoms with E-state index >= 15 is 8.78 Å². The first-order valence-corrected chi connectivity index (χ1v) is 19.5. The SMILES string of the molecule is Cn1nc(NS(C)(=O)=O)c2c(Cl)ccc(-n3c([C@H](Cc4cc(F)cc(F)c4)NC(=O)Cn4nc(C(F)F)c5c4C(F)(F)[C@@H]4C[C@H]54)nc4nc(C(F)(F)F)ccc4c3=O)c21. The Labute approximate surface area is 329 Å². The Bertz CT molecular complexity index is 2910. The van der Waals surface area contributed by atoms with Crippen LogP contribution >= 0.6 is 11.6 Å². The van der Waals surface area contributed by atoms with E-state index in [1.165, 1.54) is 19.2 Å². The van der Waals surface area contributed by atoms with Crippen molar-refractivity contribution in [3.8, 4) is 5.69 Å². The van der Waals surface area contributed by atoms with Crippen molar-refractivity contribution < 1.29 is 52.7 Å². The van der Waals surface area contributed by atoms with Crippen LogP contribution in [0.1, 0.15) is 58.8 Å². The predicted molar refractivity (Wildman–Crippen MR) is 191 cm³/mol. The van der Waals surface area contributed by atoms with E-state index in [0.29, 0.717) is 16.8 Å². The highest BCUT2D eigenvalue weighted by molar-refractivity contribution is 7.92. The van der Waals surface area contributed by atoms with Gasteiger partial charge in [-0.1, -0.05) is 11.6 Å². The number of benzene rings is 2. The van der Waals surface area contributed by atoms with Crippen molar-refractivity contribution >= 4 is 55.3 Å². The van der Waals surface area contributed by atoms with Crippen LogP contribution in [0.3, 0.4) is 0 Å². The summed E-state index contributed by atoms with van der Waals surface area (Å²) in [4.78, 5) is 36.3. The predicted octanol–water partition coefficient (Wildman–Crippen LogP) is 6.43. The van der Waals surface area contributed by atoms with E-state index in [2.05, 4.69) is 30.2 Å². The number of aromatic nitrogens is 7. The van der Waals surface area contributed by atoms with Gasteiger partial charge in [0.1, 0.15) is 41.1 Å². The third-order valence-corrected chi connectivity index (χ3v) is 10.8. The van der Waals surface area contributed by atoms with E-state index < -0.39 is 116 Å². The molecule has 13 nitrogen and oxygen atoms in total. The van der Waals surface area contributed by atoms with Crippen LogP contribution in [-0.2, 0) is 46.9 Å². The third kappa shape index (κ3) is 7.02. The number of hydrogen-bond donors (Lipinski definition) is 2. The molecule has 0 bridgehead atoms. The van der Waals surface area contributed by atoms with E-state index in [1.54, 1.807) is 0 Å². The second-order valence-corrected chi connectivity index (χ2v) is 16.2. The number of carbonyl (C=O) groups excluding carboxylic acids is 1. The number of pyridine rings is 1. The van der Waals surface area contributed by atoms with Gasteiger partial charge in [-0.15, -0.1) is 0 Å². The van der Waals surface area contributed by atoms with E-state index in [0.717, 1.165) is 33.7 Å². The molecule has 2 aliphatic carbocycles. The topological polar surface area (TPSA) is 159 Å². The number of nitrogens with zero attached hydrogens (tertiary/aromatic N) is 7. The fourth-order valence-corrected chi connectivity index (χ4v) is 8.35. The number of alkyl halides is 7. The number of nitrogens with one attached hydrogen (secondary N) is 2. The second kappa shape index (κ2) is 13.7. The standard InChI is InChI=1S/C35H25ClF9N9O4S/c1-52-27-21(5-4-19(36)25(27)31(50-52)51-59(2,57)58)54-32(48-30-16(33(54)56)3-6-22(47-30)35(43,44)45)20(9-13-7-14(37)10-15(38)8-13)46-23(55)12-53-28-24(26(49-53)29(39)40)17-11-18(17)34(28,41)42/h3-8,10,17-18,20,29H,9,11-12H2,1-2H3,(H,46,55)(H,50,51)/t17-,18+,20-/m0/s1. The smallest absolute Gasteiger partial charge is 0.344 e. The third-order valence-electron chi connectivity index (χ3n) is 9.96. The summed E-state index contributed by atoms with van der Waals surface area (Å²) < 4.78 is 159. The molecule has 2 N–H and O–H groups in total. The molecule has 4 heterocycles. The van der Waals surface area contributed by atoms with Gasteiger partial charge in [-0.25, -0.2) is 35.9 Å². The minimum atomic E-state index is -5.04. The lowest BCUT2D eigenvalue weighted by atomic mass is 10.0. The van der Waals surface area contributed by atoms with Crippen LogP contribution < -0.4 is 15.6 Å². The highest BCUT2D eigenvalue weighted by atomic mass is 35.5. The minimum Gasteiger partial charge on any atom is -0.344 e. The van der Waals surface area contributed by atoms with Gasteiger partial charge in [0.2, 0.25) is 15.9 Å². The summed E-state index contributed by atoms with van der Waals surface area (Å²) in [7, 11) is -2.66. The Hall–Kier alpha value is -5.71. The maximum atomic E-state index is 15.4. The lowest BCUT2D eigenvalue weighted by Crippen LogP contribution is -2.38. The maximum absolute atomic E-state index is 15.4. The molecule has 2 aromatic carbocycles. The number of amides is 1. The molecule has 1 fully saturated rings. The van der Waals surface area contributed by atoms with Crippen molar-refractivity contribution in [3.05, 3.63) is 104 Å². The lowest BCUT2D eigenvalue weighted by molar-refractivity contribution is -0.141. The highest BCUT2D eigenvalue weighted by Crippen LogP contribution is 2.68. The molecule has 1 saturated carbocycles. The van der Waals surface area contributed by atoms with E-state index in [-0.39, 0.29) is 45.0 Å². The molecule has 6 aromatic rings. The summed E-state index contributed by atoms with van der Waals surface area (Å²) in [5.41, 5.74) is -6.09. The van der Waals surface area contributed by atoms with Crippen molar-refractivity contribution in [1.29, 1.82) is 0 Å². The van der Waals surface area contributed by atoms with E-state index in [9.17, 15) is 48.7 Å². The molecule has 0 radical (unpaired) electrons. The molecule has 0 unspecified atom stereocenters. The molecule has 0 spiro atoms. The van der Waals surface area contributed by atoms with Crippen molar-refractivity contribution in [3.63, 3.8) is 0 Å². The van der Waals surface area contributed by atoms with Crippen LogP contribution in [0.5, 0.6) is 0 Å². The van der Waals surface area contributed by atoms with Gasteiger partial charge in [0, 0.05) is 31.0 Å². The lowest BCUT2D eigenvalue weighted by Gasteiger charge is -2.24. The van der Waals surface area contributed by atoms with Crippen LogP contribution in [0.2, 0.25) is 5.02 Å². The largest absolute Gasteiger partial charge is 0.433 e. The molecule has 4 aromatic heterocycles. The zero-order chi connectivity index (χ0) is 42.7. The van der Waals surface area contributed by atoms with Crippen molar-refractivity contribution in [2.45, 2.75) is 49.9 Å². The number of hydrogen-bond acceptors (Lipinski definition) is 8. The molecule has 1 amide bonds. The highest BCUT2D eigenvalue weighted by Gasteiger charge is 2.67. The van der Waals surface area contributed by atoms with E-state index in [1.807, 2.05) is 0 Å². The van der Waals surface area contributed by atoms with Gasteiger partial charge >= 0.3 is 6.18 Å². The number of rotatable bonds is 10.